The second-order valence-electron chi connectivity index (χ2n) is 7.73. The smallest absolute Gasteiger partial charge is 0.257 e. The summed E-state index contributed by atoms with van der Waals surface area (Å²) in [5.41, 5.74) is 3.29. The number of anilines is 1. The number of hydrogen-bond acceptors (Lipinski definition) is 5. The van der Waals surface area contributed by atoms with E-state index in [2.05, 4.69) is 23.9 Å². The largest absolute Gasteiger partial charge is 0.497 e. The van der Waals surface area contributed by atoms with E-state index in [-0.39, 0.29) is 11.9 Å². The summed E-state index contributed by atoms with van der Waals surface area (Å²) in [4.78, 5) is 22.7. The van der Waals surface area contributed by atoms with Crippen LogP contribution in [0.25, 0.3) is 0 Å². The van der Waals surface area contributed by atoms with Gasteiger partial charge in [-0.15, -0.1) is 0 Å². The highest BCUT2D eigenvalue weighted by Crippen LogP contribution is 2.43. The predicted molar refractivity (Wildman–Crippen MR) is 129 cm³/mol. The van der Waals surface area contributed by atoms with Crippen LogP contribution in [0.2, 0.25) is 0 Å². The third-order valence-corrected chi connectivity index (χ3v) is 5.66. The van der Waals surface area contributed by atoms with Gasteiger partial charge in [0.2, 0.25) is 0 Å². The molecule has 1 aliphatic heterocycles. The molecule has 1 atom stereocenters. The molecule has 0 bridgehead atoms. The summed E-state index contributed by atoms with van der Waals surface area (Å²) in [7, 11) is 1.63. The van der Waals surface area contributed by atoms with Crippen molar-refractivity contribution in [3.8, 4) is 5.75 Å². The quantitative estimate of drug-likeness (QED) is 0.167. The van der Waals surface area contributed by atoms with E-state index in [0.717, 1.165) is 43.1 Å². The molecule has 1 amide bonds. The number of ether oxygens (including phenoxy) is 1. The minimum absolute atomic E-state index is 0.0277. The van der Waals surface area contributed by atoms with E-state index in [1.54, 1.807) is 12.0 Å². The van der Waals surface area contributed by atoms with Gasteiger partial charge in [0.15, 0.2) is 0 Å². The van der Waals surface area contributed by atoms with E-state index >= 15 is 0 Å². The predicted octanol–water partition coefficient (Wildman–Crippen LogP) is 4.83. The maximum Gasteiger partial charge on any atom is 0.257 e. The zero-order chi connectivity index (χ0) is 22.9. The molecule has 2 aromatic carbocycles. The van der Waals surface area contributed by atoms with Crippen LogP contribution in [0.15, 0.2) is 71.4 Å². The molecule has 0 N–H and O–H groups in total. The van der Waals surface area contributed by atoms with Crippen LogP contribution < -0.4 is 9.64 Å². The standard InChI is InChI=1S/C26H33N3O3/c1-5-28(6-2)17-10-18-32-27-20(3)19-24-25(21-11-8-7-9-12-21)29(26(24)30)22-13-15-23(31-4)16-14-22/h7-9,11-16,19,25H,5-6,10,17-18H2,1-4H3/b24-19+,27-20?. The van der Waals surface area contributed by atoms with Gasteiger partial charge in [-0.2, -0.15) is 0 Å². The van der Waals surface area contributed by atoms with Gasteiger partial charge in [-0.25, -0.2) is 0 Å². The number of nitrogens with zero attached hydrogens (tertiary/aromatic N) is 3. The Morgan fingerprint density at radius 2 is 1.78 bits per heavy atom. The van der Waals surface area contributed by atoms with Crippen LogP contribution in [0.3, 0.4) is 0 Å². The lowest BCUT2D eigenvalue weighted by atomic mass is 9.86. The van der Waals surface area contributed by atoms with Gasteiger partial charge in [-0.05, 0) is 62.3 Å². The number of amides is 1. The molecule has 0 saturated carbocycles. The van der Waals surface area contributed by atoms with Crippen molar-refractivity contribution in [2.75, 3.05) is 38.3 Å². The Balaban J connectivity index is 1.72. The van der Waals surface area contributed by atoms with Crippen molar-refractivity contribution < 1.29 is 14.4 Å². The van der Waals surface area contributed by atoms with Crippen molar-refractivity contribution in [1.82, 2.24) is 4.90 Å². The first-order valence-corrected chi connectivity index (χ1v) is 11.2. The van der Waals surface area contributed by atoms with E-state index in [4.69, 9.17) is 9.57 Å². The Hall–Kier alpha value is -3.12. The summed E-state index contributed by atoms with van der Waals surface area (Å²) < 4.78 is 5.25. The highest BCUT2D eigenvalue weighted by molar-refractivity contribution is 6.18. The highest BCUT2D eigenvalue weighted by Gasteiger charge is 2.43. The summed E-state index contributed by atoms with van der Waals surface area (Å²) in [6.07, 6.45) is 2.76. The fraction of sp³-hybridized carbons (Fsp3) is 0.385. The molecule has 0 spiro atoms. The maximum atomic E-state index is 13.1. The van der Waals surface area contributed by atoms with Crippen LogP contribution >= 0.6 is 0 Å². The number of allylic oxidation sites excluding steroid dienone is 1. The lowest BCUT2D eigenvalue weighted by Crippen LogP contribution is -2.49. The average molecular weight is 436 g/mol. The van der Waals surface area contributed by atoms with Gasteiger partial charge in [-0.3, -0.25) is 9.69 Å². The Labute approximate surface area is 191 Å². The Morgan fingerprint density at radius 1 is 1.09 bits per heavy atom. The van der Waals surface area contributed by atoms with Crippen LogP contribution in [-0.4, -0.2) is 49.9 Å². The molecule has 1 saturated heterocycles. The zero-order valence-electron chi connectivity index (χ0n) is 19.5. The SMILES string of the molecule is CCN(CC)CCCON=C(C)/C=C1/C(=O)N(c2ccc(OC)cc2)C1c1ccccc1. The van der Waals surface area contributed by atoms with Crippen molar-refractivity contribution in [3.63, 3.8) is 0 Å². The van der Waals surface area contributed by atoms with Gasteiger partial charge >= 0.3 is 0 Å². The van der Waals surface area contributed by atoms with E-state index in [1.165, 1.54) is 0 Å². The Kier molecular flexibility index (Phi) is 8.45. The van der Waals surface area contributed by atoms with E-state index in [1.807, 2.05) is 67.6 Å². The summed E-state index contributed by atoms with van der Waals surface area (Å²) >= 11 is 0. The van der Waals surface area contributed by atoms with Crippen molar-refractivity contribution in [2.45, 2.75) is 33.2 Å². The van der Waals surface area contributed by atoms with Crippen LogP contribution in [0.4, 0.5) is 5.69 Å². The number of carbonyl (C=O) groups excluding carboxylic acids is 1. The molecule has 3 rings (SSSR count). The maximum absolute atomic E-state index is 13.1. The molecule has 170 valence electrons. The van der Waals surface area contributed by atoms with Gasteiger partial charge in [-0.1, -0.05) is 49.3 Å². The van der Waals surface area contributed by atoms with Gasteiger partial charge < -0.3 is 14.5 Å². The number of benzene rings is 2. The molecule has 2 aromatic rings. The average Bonchev–Trinajstić information content (AvgIpc) is 2.83. The van der Waals surface area contributed by atoms with Crippen LogP contribution in [0.1, 0.15) is 38.8 Å². The lowest BCUT2D eigenvalue weighted by Gasteiger charge is -2.43. The van der Waals surface area contributed by atoms with Gasteiger partial charge in [0.1, 0.15) is 12.4 Å². The molecule has 0 radical (unpaired) electrons. The third-order valence-electron chi connectivity index (χ3n) is 5.66. The Morgan fingerprint density at radius 3 is 2.41 bits per heavy atom. The molecule has 6 nitrogen and oxygen atoms in total. The van der Waals surface area contributed by atoms with E-state index in [0.29, 0.717) is 17.9 Å². The topological polar surface area (TPSA) is 54.4 Å². The molecule has 1 aliphatic rings. The van der Waals surface area contributed by atoms with Gasteiger partial charge in [0.05, 0.1) is 18.9 Å². The molecular formula is C26H33N3O3. The number of hydrogen-bond donors (Lipinski definition) is 0. The molecular weight excluding hydrogens is 402 g/mol. The second-order valence-corrected chi connectivity index (χ2v) is 7.73. The highest BCUT2D eigenvalue weighted by atomic mass is 16.6. The van der Waals surface area contributed by atoms with Gasteiger partial charge in [0.25, 0.3) is 5.91 Å². The summed E-state index contributed by atoms with van der Waals surface area (Å²) in [6, 6.07) is 17.4. The minimum Gasteiger partial charge on any atom is -0.497 e. The third kappa shape index (κ3) is 5.56. The fourth-order valence-electron chi connectivity index (χ4n) is 3.85. The van der Waals surface area contributed by atoms with Crippen molar-refractivity contribution in [2.24, 2.45) is 5.16 Å². The normalized spacial score (nSPS) is 17.6. The van der Waals surface area contributed by atoms with Gasteiger partial charge in [0, 0.05) is 17.8 Å². The first-order valence-electron chi connectivity index (χ1n) is 11.2. The number of rotatable bonds is 11. The van der Waals surface area contributed by atoms with E-state index in [9.17, 15) is 4.79 Å². The number of methoxy groups -OCH3 is 1. The molecule has 1 fully saturated rings. The number of β-lactam (4-membered cyclic amide) rings is 1. The first kappa shape index (κ1) is 23.5. The molecule has 0 aliphatic carbocycles. The lowest BCUT2D eigenvalue weighted by molar-refractivity contribution is -0.119. The molecule has 1 unspecified atom stereocenters. The van der Waals surface area contributed by atoms with Crippen molar-refractivity contribution in [1.29, 1.82) is 0 Å². The fourth-order valence-corrected chi connectivity index (χ4v) is 3.85. The minimum atomic E-state index is -0.162. The van der Waals surface area contributed by atoms with Crippen molar-refractivity contribution >= 4 is 17.3 Å². The van der Waals surface area contributed by atoms with Crippen LogP contribution in [-0.2, 0) is 9.63 Å². The summed E-state index contributed by atoms with van der Waals surface area (Å²) in [5, 5.41) is 4.21. The molecule has 1 heterocycles. The summed E-state index contributed by atoms with van der Waals surface area (Å²) in [5.74, 6) is 0.731. The summed E-state index contributed by atoms with van der Waals surface area (Å²) in [6.45, 7) is 9.82. The monoisotopic (exact) mass is 435 g/mol. The van der Waals surface area contributed by atoms with E-state index < -0.39 is 0 Å². The van der Waals surface area contributed by atoms with Crippen LogP contribution in [0, 0.1) is 0 Å². The zero-order valence-corrected chi connectivity index (χ0v) is 19.5. The molecule has 32 heavy (non-hydrogen) atoms. The first-order chi connectivity index (χ1) is 15.6. The molecule has 6 heteroatoms. The number of carbonyl (C=O) groups is 1. The van der Waals surface area contributed by atoms with Crippen molar-refractivity contribution in [3.05, 3.63) is 71.8 Å². The second kappa shape index (κ2) is 11.5. The van der Waals surface area contributed by atoms with Crippen LogP contribution in [0.5, 0.6) is 5.75 Å². The molecule has 0 aromatic heterocycles. The number of oxime groups is 1. The Bertz CT molecular complexity index is 935.